The molecule has 2 saturated heterocycles. The Hall–Kier alpha value is -0.930. The maximum atomic E-state index is 13.1. The van der Waals surface area contributed by atoms with Gasteiger partial charge in [-0.25, -0.2) is 0 Å². The lowest BCUT2D eigenvalue weighted by molar-refractivity contribution is -0.109. The third kappa shape index (κ3) is 4.86. The maximum absolute atomic E-state index is 13.1. The molecule has 0 N–H and O–H groups in total. The summed E-state index contributed by atoms with van der Waals surface area (Å²) in [6.07, 6.45) is 0.902. The first-order valence-electron chi connectivity index (χ1n) is 8.98. The first-order chi connectivity index (χ1) is 12.5. The molecule has 8 heteroatoms. The van der Waals surface area contributed by atoms with E-state index < -0.39 is 10.2 Å². The van der Waals surface area contributed by atoms with Gasteiger partial charge in [0.15, 0.2) is 5.12 Å². The van der Waals surface area contributed by atoms with Crippen molar-refractivity contribution in [3.63, 3.8) is 0 Å². The molecule has 0 spiro atoms. The fraction of sp³-hybridized carbons (Fsp3) is 0.611. The lowest BCUT2D eigenvalue weighted by Crippen LogP contribution is -2.52. The summed E-state index contributed by atoms with van der Waals surface area (Å²) < 4.78 is 34.7. The summed E-state index contributed by atoms with van der Waals surface area (Å²) >= 11 is 1.29. The van der Waals surface area contributed by atoms with Crippen molar-refractivity contribution in [1.29, 1.82) is 0 Å². The molecule has 0 amide bonds. The number of rotatable bonds is 5. The van der Waals surface area contributed by atoms with Crippen molar-refractivity contribution in [2.75, 3.05) is 45.1 Å². The number of ether oxygens (including phenoxy) is 1. The Morgan fingerprint density at radius 2 is 1.85 bits per heavy atom. The van der Waals surface area contributed by atoms with Gasteiger partial charge in [0.05, 0.1) is 13.2 Å². The average molecular weight is 399 g/mol. The molecule has 2 unspecified atom stereocenters. The Bertz CT molecular complexity index is 705. The highest BCUT2D eigenvalue weighted by Crippen LogP contribution is 2.34. The summed E-state index contributed by atoms with van der Waals surface area (Å²) in [6, 6.07) is 10.1. The molecule has 6 nitrogen and oxygen atoms in total. The zero-order valence-corrected chi connectivity index (χ0v) is 16.7. The van der Waals surface area contributed by atoms with Crippen molar-refractivity contribution >= 4 is 27.1 Å². The average Bonchev–Trinajstić information content (AvgIpc) is 2.67. The van der Waals surface area contributed by atoms with Crippen LogP contribution in [0.25, 0.3) is 0 Å². The van der Waals surface area contributed by atoms with Gasteiger partial charge in [0, 0.05) is 38.9 Å². The zero-order chi connectivity index (χ0) is 18.6. The smallest absolute Gasteiger partial charge is 0.282 e. The highest BCUT2D eigenvalue weighted by atomic mass is 32.2. The molecule has 0 saturated carbocycles. The van der Waals surface area contributed by atoms with E-state index in [1.54, 1.807) is 11.2 Å². The summed E-state index contributed by atoms with van der Waals surface area (Å²) in [6.45, 7) is 4.22. The van der Waals surface area contributed by atoms with E-state index in [1.807, 2.05) is 18.2 Å². The summed E-state index contributed by atoms with van der Waals surface area (Å²) in [4.78, 5) is 11.4. The highest BCUT2D eigenvalue weighted by molar-refractivity contribution is 8.13. The van der Waals surface area contributed by atoms with Gasteiger partial charge < -0.3 is 4.74 Å². The van der Waals surface area contributed by atoms with Crippen LogP contribution in [0.4, 0.5) is 0 Å². The second kappa shape index (κ2) is 8.84. The SMILES string of the molecule is CC(=O)SCC1CC(c2ccccc2)CN(S(=O)(=O)N2CCOCC2)C1. The third-order valence-corrected chi connectivity index (χ3v) is 7.93. The molecule has 0 aliphatic carbocycles. The quantitative estimate of drug-likeness (QED) is 0.758. The van der Waals surface area contributed by atoms with Crippen LogP contribution in [0.1, 0.15) is 24.8 Å². The highest BCUT2D eigenvalue weighted by Gasteiger charge is 2.38. The predicted molar refractivity (Wildman–Crippen MR) is 103 cm³/mol. The Balaban J connectivity index is 1.79. The molecular weight excluding hydrogens is 372 g/mol. The predicted octanol–water partition coefficient (Wildman–Crippen LogP) is 1.95. The number of nitrogens with zero attached hydrogens (tertiary/aromatic N) is 2. The number of benzene rings is 1. The molecule has 0 radical (unpaired) electrons. The van der Waals surface area contributed by atoms with E-state index in [2.05, 4.69) is 12.1 Å². The third-order valence-electron chi connectivity index (χ3n) is 4.92. The maximum Gasteiger partial charge on any atom is 0.282 e. The normalized spacial score (nSPS) is 25.9. The minimum absolute atomic E-state index is 0.0782. The second-order valence-corrected chi connectivity index (χ2v) is 9.97. The minimum atomic E-state index is -3.51. The van der Waals surface area contributed by atoms with Gasteiger partial charge >= 0.3 is 0 Å². The monoisotopic (exact) mass is 398 g/mol. The molecule has 2 aliphatic heterocycles. The molecule has 144 valence electrons. The lowest BCUT2D eigenvalue weighted by Gasteiger charge is -2.40. The van der Waals surface area contributed by atoms with E-state index >= 15 is 0 Å². The van der Waals surface area contributed by atoms with Crippen LogP contribution in [0.15, 0.2) is 30.3 Å². The van der Waals surface area contributed by atoms with Gasteiger partial charge in [-0.2, -0.15) is 17.0 Å². The van der Waals surface area contributed by atoms with Crippen LogP contribution in [-0.4, -0.2) is 67.3 Å². The molecular formula is C18H26N2O4S2. The topological polar surface area (TPSA) is 66.9 Å². The van der Waals surface area contributed by atoms with E-state index in [1.165, 1.54) is 16.1 Å². The first kappa shape index (κ1) is 19.8. The molecule has 0 bridgehead atoms. The molecule has 2 aliphatic rings. The lowest BCUT2D eigenvalue weighted by atomic mass is 9.86. The van der Waals surface area contributed by atoms with Gasteiger partial charge in [-0.3, -0.25) is 4.79 Å². The van der Waals surface area contributed by atoms with Crippen LogP contribution in [0.2, 0.25) is 0 Å². The van der Waals surface area contributed by atoms with Gasteiger partial charge in [-0.05, 0) is 23.8 Å². The summed E-state index contributed by atoms with van der Waals surface area (Å²) in [5, 5.41) is 0.0782. The molecule has 1 aromatic carbocycles. The van der Waals surface area contributed by atoms with E-state index in [9.17, 15) is 13.2 Å². The van der Waals surface area contributed by atoms with Crippen LogP contribution in [0, 0.1) is 5.92 Å². The van der Waals surface area contributed by atoms with E-state index in [-0.39, 0.29) is 17.0 Å². The summed E-state index contributed by atoms with van der Waals surface area (Å²) in [7, 11) is -3.51. The van der Waals surface area contributed by atoms with Crippen molar-refractivity contribution in [1.82, 2.24) is 8.61 Å². The second-order valence-electron chi connectivity index (χ2n) is 6.85. The van der Waals surface area contributed by atoms with Gasteiger partial charge in [-0.1, -0.05) is 42.1 Å². The Kier molecular flexibility index (Phi) is 6.74. The molecule has 26 heavy (non-hydrogen) atoms. The Morgan fingerprint density at radius 3 is 2.50 bits per heavy atom. The van der Waals surface area contributed by atoms with Crippen molar-refractivity contribution in [2.24, 2.45) is 5.92 Å². The molecule has 2 atom stereocenters. The van der Waals surface area contributed by atoms with Crippen LogP contribution in [0.3, 0.4) is 0 Å². The number of morpholine rings is 1. The van der Waals surface area contributed by atoms with Crippen molar-refractivity contribution in [2.45, 2.75) is 19.3 Å². The number of hydrogen-bond acceptors (Lipinski definition) is 5. The molecule has 2 fully saturated rings. The summed E-state index contributed by atoms with van der Waals surface area (Å²) in [5.41, 5.74) is 1.16. The number of piperidine rings is 1. The minimum Gasteiger partial charge on any atom is -0.379 e. The van der Waals surface area contributed by atoms with Crippen LogP contribution in [-0.2, 0) is 19.7 Å². The molecule has 1 aromatic rings. The zero-order valence-electron chi connectivity index (χ0n) is 15.0. The van der Waals surface area contributed by atoms with Crippen LogP contribution in [0.5, 0.6) is 0 Å². The standard InChI is InChI=1S/C18H26N2O4S2/c1-15(21)25-14-16-11-18(17-5-3-2-4-6-17)13-20(12-16)26(22,23)19-7-9-24-10-8-19/h2-6,16,18H,7-14H2,1H3. The van der Waals surface area contributed by atoms with Crippen molar-refractivity contribution in [3.05, 3.63) is 35.9 Å². The largest absolute Gasteiger partial charge is 0.379 e. The number of carbonyl (C=O) groups excluding carboxylic acids is 1. The van der Waals surface area contributed by atoms with Crippen molar-refractivity contribution < 1.29 is 17.9 Å². The van der Waals surface area contributed by atoms with Gasteiger partial charge in [-0.15, -0.1) is 0 Å². The Labute approximate surface area is 160 Å². The first-order valence-corrected chi connectivity index (χ1v) is 11.4. The van der Waals surface area contributed by atoms with Gasteiger partial charge in [0.25, 0.3) is 10.2 Å². The molecule has 3 rings (SSSR count). The van der Waals surface area contributed by atoms with Gasteiger partial charge in [0.2, 0.25) is 0 Å². The number of hydrogen-bond donors (Lipinski definition) is 0. The van der Waals surface area contributed by atoms with Crippen LogP contribution < -0.4 is 0 Å². The number of thioether (sulfide) groups is 1. The van der Waals surface area contributed by atoms with Gasteiger partial charge in [0.1, 0.15) is 0 Å². The number of carbonyl (C=O) groups is 1. The van der Waals surface area contributed by atoms with Crippen molar-refractivity contribution in [3.8, 4) is 0 Å². The fourth-order valence-electron chi connectivity index (χ4n) is 3.61. The van der Waals surface area contributed by atoms with E-state index in [0.717, 1.165) is 12.0 Å². The molecule has 2 heterocycles. The van der Waals surface area contributed by atoms with E-state index in [0.29, 0.717) is 45.1 Å². The Morgan fingerprint density at radius 1 is 1.15 bits per heavy atom. The fourth-order valence-corrected chi connectivity index (χ4v) is 6.03. The summed E-state index contributed by atoms with van der Waals surface area (Å²) in [5.74, 6) is 0.977. The molecule has 0 aromatic heterocycles. The van der Waals surface area contributed by atoms with E-state index in [4.69, 9.17) is 4.74 Å². The van der Waals surface area contributed by atoms with Crippen LogP contribution >= 0.6 is 11.8 Å².